The summed E-state index contributed by atoms with van der Waals surface area (Å²) < 4.78 is 0. The van der Waals surface area contributed by atoms with Crippen LogP contribution in [0.15, 0.2) is 48.5 Å². The summed E-state index contributed by atoms with van der Waals surface area (Å²) in [6.07, 6.45) is -0.117. The first-order valence-electron chi connectivity index (χ1n) is 9.67. The van der Waals surface area contributed by atoms with Gasteiger partial charge in [-0.15, -0.1) is 0 Å². The van der Waals surface area contributed by atoms with E-state index >= 15 is 0 Å². The molecule has 166 valence electrons. The fourth-order valence-corrected chi connectivity index (χ4v) is 4.31. The summed E-state index contributed by atoms with van der Waals surface area (Å²) in [5.41, 5.74) is 8.16. The van der Waals surface area contributed by atoms with Gasteiger partial charge >= 0.3 is 5.97 Å². The molecule has 1 aromatic heterocycles. The van der Waals surface area contributed by atoms with Crippen LogP contribution in [0.4, 0.5) is 5.13 Å². The molecule has 1 amide bonds. The van der Waals surface area contributed by atoms with Crippen LogP contribution in [0.25, 0.3) is 10.4 Å². The van der Waals surface area contributed by atoms with Crippen molar-refractivity contribution in [1.29, 1.82) is 5.41 Å². The fraction of sp³-hybridized carbons (Fsp3) is 0.182. The third kappa shape index (κ3) is 6.05. The van der Waals surface area contributed by atoms with Crippen LogP contribution in [-0.4, -0.2) is 34.5 Å². The highest BCUT2D eigenvalue weighted by Crippen LogP contribution is 2.33. The molecule has 1 atom stereocenters. The summed E-state index contributed by atoms with van der Waals surface area (Å²) >= 11 is 7.26. The molecule has 6 N–H and O–H groups in total. The maximum atomic E-state index is 12.8. The molecule has 3 aromatic rings. The first kappa shape index (κ1) is 23.2. The lowest BCUT2D eigenvalue weighted by molar-refractivity contribution is -0.137. The van der Waals surface area contributed by atoms with Crippen LogP contribution in [0.5, 0.6) is 0 Å². The summed E-state index contributed by atoms with van der Waals surface area (Å²) in [5, 5.41) is 23.2. The van der Waals surface area contributed by atoms with Crippen molar-refractivity contribution in [3.05, 3.63) is 70.4 Å². The van der Waals surface area contributed by atoms with Gasteiger partial charge in [-0.3, -0.25) is 15.0 Å². The van der Waals surface area contributed by atoms with Crippen molar-refractivity contribution in [3.63, 3.8) is 0 Å². The number of benzene rings is 2. The van der Waals surface area contributed by atoms with Crippen LogP contribution in [0, 0.1) is 12.3 Å². The predicted octanol–water partition coefficient (Wildman–Crippen LogP) is 4.07. The molecule has 0 spiro atoms. The number of anilines is 1. The number of halogens is 1. The summed E-state index contributed by atoms with van der Waals surface area (Å²) in [4.78, 5) is 29.3. The van der Waals surface area contributed by atoms with Gasteiger partial charge in [-0.25, -0.2) is 4.98 Å². The Bertz CT molecular complexity index is 1150. The number of aliphatic carboxylic acids is 1. The highest BCUT2D eigenvalue weighted by Gasteiger charge is 2.18. The molecule has 32 heavy (non-hydrogen) atoms. The molecule has 2 aromatic carbocycles. The molecular weight excluding hydrogens is 450 g/mol. The predicted molar refractivity (Wildman–Crippen MR) is 127 cm³/mol. The first-order chi connectivity index (χ1) is 15.2. The maximum absolute atomic E-state index is 12.8. The summed E-state index contributed by atoms with van der Waals surface area (Å²) in [6, 6.07) is 14.0. The smallest absolute Gasteiger partial charge is 0.304 e. The molecule has 3 rings (SSSR count). The number of thiazole rings is 1. The first-order valence-corrected chi connectivity index (χ1v) is 10.9. The lowest BCUT2D eigenvalue weighted by atomic mass is 9.95. The van der Waals surface area contributed by atoms with Crippen LogP contribution >= 0.6 is 22.9 Å². The van der Waals surface area contributed by atoms with E-state index in [1.165, 1.54) is 11.3 Å². The van der Waals surface area contributed by atoms with E-state index in [9.17, 15) is 14.7 Å². The lowest BCUT2D eigenvalue weighted by Crippen LogP contribution is -2.29. The third-order valence-electron chi connectivity index (χ3n) is 4.70. The van der Waals surface area contributed by atoms with E-state index in [4.69, 9.17) is 22.7 Å². The zero-order valence-electron chi connectivity index (χ0n) is 17.2. The number of nitrogens with zero attached hydrogens (tertiary/aromatic N) is 1. The zero-order chi connectivity index (χ0) is 23.3. The number of carboxylic acids is 1. The molecule has 0 fully saturated rings. The summed E-state index contributed by atoms with van der Waals surface area (Å²) in [7, 11) is 0. The number of aryl methyl sites for hydroxylation is 1. The van der Waals surface area contributed by atoms with Gasteiger partial charge in [0.05, 0.1) is 17.0 Å². The van der Waals surface area contributed by atoms with Gasteiger partial charge in [-0.2, -0.15) is 0 Å². The number of amides is 1. The molecule has 10 heteroatoms. The minimum absolute atomic E-state index is 0.117. The van der Waals surface area contributed by atoms with Crippen molar-refractivity contribution in [1.82, 2.24) is 10.3 Å². The Hall–Kier alpha value is -3.43. The minimum Gasteiger partial charge on any atom is -0.481 e. The highest BCUT2D eigenvalue weighted by atomic mass is 35.5. The second-order valence-corrected chi connectivity index (χ2v) is 8.54. The van der Waals surface area contributed by atoms with Gasteiger partial charge in [-0.05, 0) is 42.3 Å². The van der Waals surface area contributed by atoms with Crippen LogP contribution in [0.2, 0.25) is 5.02 Å². The standard InChI is InChI=1S/C22H22ClN5O3S/c1-12-19(32-22(27-12)28-21(24)25)14-3-2-4-15(9-14)20(31)26-11-16(10-18(29)30)13-5-7-17(23)8-6-13/h2-9,16H,10-11H2,1H3,(H,26,31)(H,29,30)(H4,24,25,27,28). The second-order valence-electron chi connectivity index (χ2n) is 7.11. The largest absolute Gasteiger partial charge is 0.481 e. The zero-order valence-corrected chi connectivity index (χ0v) is 18.8. The molecule has 8 nitrogen and oxygen atoms in total. The molecule has 0 saturated heterocycles. The van der Waals surface area contributed by atoms with Gasteiger partial charge < -0.3 is 21.5 Å². The average molecular weight is 472 g/mol. The van der Waals surface area contributed by atoms with E-state index in [-0.39, 0.29) is 30.8 Å². The van der Waals surface area contributed by atoms with E-state index in [0.29, 0.717) is 15.7 Å². The number of carboxylic acid groups (broad SMARTS) is 1. The van der Waals surface area contributed by atoms with Gasteiger partial charge in [0.1, 0.15) is 0 Å². The average Bonchev–Trinajstić information content (AvgIpc) is 3.10. The Morgan fingerprint density at radius 3 is 2.62 bits per heavy atom. The van der Waals surface area contributed by atoms with E-state index < -0.39 is 5.97 Å². The highest BCUT2D eigenvalue weighted by molar-refractivity contribution is 7.19. The molecule has 0 radical (unpaired) electrons. The number of aromatic nitrogens is 1. The molecule has 1 heterocycles. The Kier molecular flexibility index (Phi) is 7.45. The fourth-order valence-electron chi connectivity index (χ4n) is 3.21. The number of nitrogens with one attached hydrogen (secondary N) is 3. The Morgan fingerprint density at radius 2 is 1.97 bits per heavy atom. The molecule has 0 saturated carbocycles. The van der Waals surface area contributed by atoms with E-state index in [1.54, 1.807) is 42.5 Å². The summed E-state index contributed by atoms with van der Waals surface area (Å²) in [6.45, 7) is 2.01. The third-order valence-corrected chi connectivity index (χ3v) is 6.07. The van der Waals surface area contributed by atoms with E-state index in [2.05, 4.69) is 15.6 Å². The van der Waals surface area contributed by atoms with Gasteiger partial charge in [-0.1, -0.05) is 47.2 Å². The number of carbonyl (C=O) groups is 2. The molecule has 0 aliphatic rings. The number of guanidine groups is 1. The Labute approximate surface area is 194 Å². The number of carbonyl (C=O) groups excluding carboxylic acids is 1. The van der Waals surface area contributed by atoms with Crippen LogP contribution in [0.1, 0.15) is 34.0 Å². The maximum Gasteiger partial charge on any atom is 0.304 e. The van der Waals surface area contributed by atoms with E-state index in [1.807, 2.05) is 13.0 Å². The van der Waals surface area contributed by atoms with E-state index in [0.717, 1.165) is 21.7 Å². The van der Waals surface area contributed by atoms with Crippen molar-refractivity contribution >= 4 is 45.9 Å². The second kappa shape index (κ2) is 10.3. The van der Waals surface area contributed by atoms with Crippen molar-refractivity contribution in [2.24, 2.45) is 5.73 Å². The van der Waals surface area contributed by atoms with Gasteiger partial charge in [0, 0.05) is 23.0 Å². The Morgan fingerprint density at radius 1 is 1.25 bits per heavy atom. The topological polar surface area (TPSA) is 141 Å². The van der Waals surface area contributed by atoms with Gasteiger partial charge in [0.25, 0.3) is 5.91 Å². The number of hydrogen-bond donors (Lipinski definition) is 5. The molecule has 0 aliphatic heterocycles. The molecular formula is C22H22ClN5O3S. The SMILES string of the molecule is Cc1nc(NC(=N)N)sc1-c1cccc(C(=O)NCC(CC(=O)O)c2ccc(Cl)cc2)c1. The molecule has 0 aliphatic carbocycles. The molecule has 1 unspecified atom stereocenters. The molecule has 0 bridgehead atoms. The van der Waals surface area contributed by atoms with Crippen LogP contribution in [0.3, 0.4) is 0 Å². The Balaban J connectivity index is 1.75. The van der Waals surface area contributed by atoms with Crippen molar-refractivity contribution in [3.8, 4) is 10.4 Å². The normalized spacial score (nSPS) is 11.6. The van der Waals surface area contributed by atoms with Crippen LogP contribution < -0.4 is 16.4 Å². The quantitative estimate of drug-likeness (QED) is 0.248. The van der Waals surface area contributed by atoms with Crippen molar-refractivity contribution in [2.45, 2.75) is 19.3 Å². The monoisotopic (exact) mass is 471 g/mol. The van der Waals surface area contributed by atoms with Crippen molar-refractivity contribution in [2.75, 3.05) is 11.9 Å². The van der Waals surface area contributed by atoms with Crippen LogP contribution in [-0.2, 0) is 4.79 Å². The lowest BCUT2D eigenvalue weighted by Gasteiger charge is -2.16. The number of hydrogen-bond acceptors (Lipinski definition) is 5. The minimum atomic E-state index is -0.947. The number of nitrogens with two attached hydrogens (primary N) is 1. The van der Waals surface area contributed by atoms with Crippen molar-refractivity contribution < 1.29 is 14.7 Å². The van der Waals surface area contributed by atoms with Gasteiger partial charge in [0.15, 0.2) is 11.1 Å². The summed E-state index contributed by atoms with van der Waals surface area (Å²) in [5.74, 6) is -1.84. The van der Waals surface area contributed by atoms with Gasteiger partial charge in [0.2, 0.25) is 0 Å². The number of rotatable bonds is 8.